The van der Waals surface area contributed by atoms with Crippen LogP contribution < -0.4 is 10.2 Å². The van der Waals surface area contributed by atoms with Gasteiger partial charge in [0.05, 0.1) is 0 Å². The molecule has 0 spiro atoms. The zero-order chi connectivity index (χ0) is 16.1. The lowest BCUT2D eigenvalue weighted by atomic mass is 10.2. The zero-order valence-corrected chi connectivity index (χ0v) is 13.1. The van der Waals surface area contributed by atoms with Gasteiger partial charge in [0.15, 0.2) is 0 Å². The van der Waals surface area contributed by atoms with Crippen LogP contribution in [0.15, 0.2) is 48.5 Å². The molecule has 0 atom stereocenters. The van der Waals surface area contributed by atoms with Crippen molar-refractivity contribution in [3.05, 3.63) is 59.7 Å². The quantitative estimate of drug-likeness (QED) is 0.941. The van der Waals surface area contributed by atoms with Crippen molar-refractivity contribution in [2.75, 3.05) is 16.8 Å². The number of nitrogens with zero attached hydrogens (tertiary/aromatic N) is 1. The molecule has 2 aromatic carbocycles. The number of rotatable bonds is 4. The Labute approximate surface area is 130 Å². The van der Waals surface area contributed by atoms with Crippen molar-refractivity contribution < 1.29 is 9.59 Å². The van der Waals surface area contributed by atoms with Gasteiger partial charge in [-0.25, -0.2) is 0 Å². The maximum Gasteiger partial charge on any atom is 0.244 e. The third-order valence-electron chi connectivity index (χ3n) is 3.30. The van der Waals surface area contributed by atoms with Gasteiger partial charge in [0.2, 0.25) is 11.8 Å². The van der Waals surface area contributed by atoms with E-state index < -0.39 is 0 Å². The zero-order valence-electron chi connectivity index (χ0n) is 13.1. The minimum atomic E-state index is -0.220. The molecule has 0 aliphatic rings. The first kappa shape index (κ1) is 15.8. The molecule has 0 saturated heterocycles. The third kappa shape index (κ3) is 4.19. The Morgan fingerprint density at radius 3 is 2.23 bits per heavy atom. The van der Waals surface area contributed by atoms with Crippen LogP contribution in [0.3, 0.4) is 0 Å². The molecule has 2 amide bonds. The summed E-state index contributed by atoms with van der Waals surface area (Å²) in [4.78, 5) is 25.5. The average Bonchev–Trinajstić information content (AvgIpc) is 2.44. The van der Waals surface area contributed by atoms with Gasteiger partial charge in [-0.3, -0.25) is 9.59 Å². The maximum atomic E-state index is 12.2. The van der Waals surface area contributed by atoms with Gasteiger partial charge in [0.25, 0.3) is 0 Å². The van der Waals surface area contributed by atoms with E-state index in [1.54, 1.807) is 0 Å². The van der Waals surface area contributed by atoms with Gasteiger partial charge in [-0.05, 0) is 49.2 Å². The summed E-state index contributed by atoms with van der Waals surface area (Å²) in [5, 5.41) is 2.82. The first-order chi connectivity index (χ1) is 10.5. The Kier molecular flexibility index (Phi) is 4.94. The van der Waals surface area contributed by atoms with Crippen LogP contribution in [0.25, 0.3) is 0 Å². The summed E-state index contributed by atoms with van der Waals surface area (Å²) in [7, 11) is 0. The Morgan fingerprint density at radius 2 is 1.64 bits per heavy atom. The average molecular weight is 296 g/mol. The fourth-order valence-corrected chi connectivity index (χ4v) is 2.25. The van der Waals surface area contributed by atoms with Crippen LogP contribution in [-0.2, 0) is 9.59 Å². The topological polar surface area (TPSA) is 49.4 Å². The molecule has 2 rings (SSSR count). The van der Waals surface area contributed by atoms with E-state index in [1.807, 2.05) is 62.4 Å². The number of anilines is 2. The molecule has 2 aromatic rings. The van der Waals surface area contributed by atoms with Crippen LogP contribution >= 0.6 is 0 Å². The van der Waals surface area contributed by atoms with Crippen molar-refractivity contribution >= 4 is 23.2 Å². The predicted octanol–water partition coefficient (Wildman–Crippen LogP) is 3.30. The van der Waals surface area contributed by atoms with Crippen molar-refractivity contribution in [2.45, 2.75) is 20.8 Å². The molecule has 22 heavy (non-hydrogen) atoms. The highest BCUT2D eigenvalue weighted by molar-refractivity contribution is 6.01. The molecular weight excluding hydrogens is 276 g/mol. The molecule has 0 unspecified atom stereocenters. The Bertz CT molecular complexity index is 695. The minimum Gasteiger partial charge on any atom is -0.325 e. The molecule has 0 aromatic heterocycles. The van der Waals surface area contributed by atoms with Crippen molar-refractivity contribution in [1.82, 2.24) is 0 Å². The van der Waals surface area contributed by atoms with Gasteiger partial charge in [-0.2, -0.15) is 0 Å². The molecule has 0 aliphatic carbocycles. The predicted molar refractivity (Wildman–Crippen MR) is 89.0 cm³/mol. The molecule has 4 nitrogen and oxygen atoms in total. The Morgan fingerprint density at radius 1 is 1.00 bits per heavy atom. The fourth-order valence-electron chi connectivity index (χ4n) is 2.25. The molecule has 114 valence electrons. The molecule has 0 saturated carbocycles. The number of benzene rings is 2. The first-order valence-electron chi connectivity index (χ1n) is 7.17. The lowest BCUT2D eigenvalue weighted by Crippen LogP contribution is -2.36. The van der Waals surface area contributed by atoms with E-state index in [-0.39, 0.29) is 18.4 Å². The van der Waals surface area contributed by atoms with E-state index >= 15 is 0 Å². The Balaban J connectivity index is 2.11. The van der Waals surface area contributed by atoms with Gasteiger partial charge in [-0.15, -0.1) is 0 Å². The number of carbonyl (C=O) groups is 2. The first-order valence-corrected chi connectivity index (χ1v) is 7.17. The van der Waals surface area contributed by atoms with Gasteiger partial charge < -0.3 is 10.2 Å². The lowest BCUT2D eigenvalue weighted by molar-refractivity contribution is -0.120. The molecule has 0 fully saturated rings. The van der Waals surface area contributed by atoms with Gasteiger partial charge in [0, 0.05) is 18.3 Å². The van der Waals surface area contributed by atoms with E-state index in [0.29, 0.717) is 0 Å². The smallest absolute Gasteiger partial charge is 0.244 e. The highest BCUT2D eigenvalue weighted by Gasteiger charge is 2.16. The summed E-state index contributed by atoms with van der Waals surface area (Å²) in [6, 6.07) is 15.1. The molecule has 0 heterocycles. The third-order valence-corrected chi connectivity index (χ3v) is 3.30. The number of aryl methyl sites for hydroxylation is 2. The number of amides is 2. The lowest BCUT2D eigenvalue weighted by Gasteiger charge is -2.21. The van der Waals surface area contributed by atoms with Crippen molar-refractivity contribution in [1.29, 1.82) is 0 Å². The molecule has 1 N–H and O–H groups in total. The molecule has 0 aliphatic heterocycles. The van der Waals surface area contributed by atoms with E-state index in [2.05, 4.69) is 5.32 Å². The molecule has 4 heteroatoms. The van der Waals surface area contributed by atoms with E-state index in [1.165, 1.54) is 11.8 Å². The van der Waals surface area contributed by atoms with Gasteiger partial charge >= 0.3 is 0 Å². The van der Waals surface area contributed by atoms with Crippen LogP contribution in [0.4, 0.5) is 11.4 Å². The second kappa shape index (κ2) is 6.89. The number of nitrogens with one attached hydrogen (secondary N) is 1. The minimum absolute atomic E-state index is 0.00721. The van der Waals surface area contributed by atoms with Crippen LogP contribution in [0.5, 0.6) is 0 Å². The SMILES string of the molecule is CC(=O)N(CC(=O)Nc1cccc(C)c1)c1cccc(C)c1. The second-order valence-corrected chi connectivity index (χ2v) is 5.36. The second-order valence-electron chi connectivity index (χ2n) is 5.36. The standard InChI is InChI=1S/C18H20N2O2/c1-13-6-4-8-16(10-13)19-18(22)12-20(15(3)21)17-9-5-7-14(2)11-17/h4-11H,12H2,1-3H3,(H,19,22). The van der Waals surface area contributed by atoms with Crippen molar-refractivity contribution in [2.24, 2.45) is 0 Å². The number of carbonyl (C=O) groups excluding carboxylic acids is 2. The summed E-state index contributed by atoms with van der Waals surface area (Å²) in [5.74, 6) is -0.382. The molecular formula is C18H20N2O2. The largest absolute Gasteiger partial charge is 0.325 e. The van der Waals surface area contributed by atoms with Crippen LogP contribution in [-0.4, -0.2) is 18.4 Å². The van der Waals surface area contributed by atoms with E-state index in [0.717, 1.165) is 22.5 Å². The normalized spacial score (nSPS) is 10.1. The number of hydrogen-bond acceptors (Lipinski definition) is 2. The summed E-state index contributed by atoms with van der Waals surface area (Å²) >= 11 is 0. The van der Waals surface area contributed by atoms with E-state index in [9.17, 15) is 9.59 Å². The van der Waals surface area contributed by atoms with Crippen molar-refractivity contribution in [3.63, 3.8) is 0 Å². The fraction of sp³-hybridized carbons (Fsp3) is 0.222. The van der Waals surface area contributed by atoms with Crippen LogP contribution in [0.2, 0.25) is 0 Å². The van der Waals surface area contributed by atoms with E-state index in [4.69, 9.17) is 0 Å². The van der Waals surface area contributed by atoms with Crippen molar-refractivity contribution in [3.8, 4) is 0 Å². The number of hydrogen-bond donors (Lipinski definition) is 1. The summed E-state index contributed by atoms with van der Waals surface area (Å²) in [6.07, 6.45) is 0. The van der Waals surface area contributed by atoms with Gasteiger partial charge in [0.1, 0.15) is 6.54 Å². The Hall–Kier alpha value is -2.62. The van der Waals surface area contributed by atoms with Crippen LogP contribution in [0.1, 0.15) is 18.1 Å². The van der Waals surface area contributed by atoms with Crippen LogP contribution in [0, 0.1) is 13.8 Å². The monoisotopic (exact) mass is 296 g/mol. The summed E-state index contributed by atoms with van der Waals surface area (Å²) in [5.41, 5.74) is 3.58. The summed E-state index contributed by atoms with van der Waals surface area (Å²) in [6.45, 7) is 5.37. The highest BCUT2D eigenvalue weighted by atomic mass is 16.2. The maximum absolute atomic E-state index is 12.2. The molecule has 0 bridgehead atoms. The molecule has 0 radical (unpaired) electrons. The highest BCUT2D eigenvalue weighted by Crippen LogP contribution is 2.16. The summed E-state index contributed by atoms with van der Waals surface area (Å²) < 4.78 is 0. The van der Waals surface area contributed by atoms with Gasteiger partial charge in [-0.1, -0.05) is 24.3 Å².